The summed E-state index contributed by atoms with van der Waals surface area (Å²) in [5.74, 6) is 0. The second kappa shape index (κ2) is 6.64. The zero-order valence-corrected chi connectivity index (χ0v) is 12.7. The fourth-order valence-corrected chi connectivity index (χ4v) is 2.79. The van der Waals surface area contributed by atoms with E-state index in [1.54, 1.807) is 0 Å². The van der Waals surface area contributed by atoms with Crippen LogP contribution in [0.25, 0.3) is 0 Å². The summed E-state index contributed by atoms with van der Waals surface area (Å²) in [5.41, 5.74) is 2.73. The van der Waals surface area contributed by atoms with Crippen molar-refractivity contribution < 1.29 is 4.79 Å². The lowest BCUT2D eigenvalue weighted by Crippen LogP contribution is -2.46. The summed E-state index contributed by atoms with van der Waals surface area (Å²) in [6.07, 6.45) is 1.10. The van der Waals surface area contributed by atoms with E-state index >= 15 is 0 Å². The Labute approximate surface area is 121 Å². The minimum atomic E-state index is 0.0364. The van der Waals surface area contributed by atoms with Gasteiger partial charge in [0.1, 0.15) is 0 Å². The van der Waals surface area contributed by atoms with Gasteiger partial charge in [0.15, 0.2) is 0 Å². The monoisotopic (exact) mass is 275 g/mol. The van der Waals surface area contributed by atoms with Crippen molar-refractivity contribution in [3.8, 4) is 0 Å². The lowest BCUT2D eigenvalue weighted by atomic mass is 10.2. The van der Waals surface area contributed by atoms with Gasteiger partial charge in [-0.25, -0.2) is 4.79 Å². The van der Waals surface area contributed by atoms with E-state index in [2.05, 4.69) is 41.4 Å². The van der Waals surface area contributed by atoms with Crippen LogP contribution in [0.15, 0.2) is 24.3 Å². The van der Waals surface area contributed by atoms with Crippen molar-refractivity contribution in [2.75, 3.05) is 31.1 Å². The van der Waals surface area contributed by atoms with Crippen LogP contribution in [0.3, 0.4) is 0 Å². The van der Waals surface area contributed by atoms with Crippen LogP contribution >= 0.6 is 0 Å². The van der Waals surface area contributed by atoms with E-state index in [4.69, 9.17) is 0 Å². The lowest BCUT2D eigenvalue weighted by Gasteiger charge is -2.28. The van der Waals surface area contributed by atoms with Gasteiger partial charge in [-0.1, -0.05) is 18.2 Å². The van der Waals surface area contributed by atoms with Gasteiger partial charge < -0.3 is 15.1 Å². The van der Waals surface area contributed by atoms with E-state index < -0.39 is 0 Å². The molecule has 0 bridgehead atoms. The Hall–Kier alpha value is -1.71. The topological polar surface area (TPSA) is 35.6 Å². The van der Waals surface area contributed by atoms with Crippen LogP contribution in [-0.2, 0) is 6.42 Å². The summed E-state index contributed by atoms with van der Waals surface area (Å²) >= 11 is 0. The summed E-state index contributed by atoms with van der Waals surface area (Å²) in [7, 11) is 0. The number of benzene rings is 1. The van der Waals surface area contributed by atoms with Crippen molar-refractivity contribution in [3.05, 3.63) is 29.8 Å². The second-order valence-electron chi connectivity index (χ2n) is 5.28. The van der Waals surface area contributed by atoms with Crippen LogP contribution < -0.4 is 10.2 Å². The third kappa shape index (κ3) is 3.06. The number of amides is 2. The normalized spacial score (nSPS) is 14.8. The minimum Gasteiger partial charge on any atom is -0.366 e. The average molecular weight is 275 g/mol. The van der Waals surface area contributed by atoms with Crippen molar-refractivity contribution in [2.24, 2.45) is 0 Å². The molecule has 2 amide bonds. The maximum atomic E-state index is 12.0. The molecule has 0 aromatic heterocycles. The highest BCUT2D eigenvalue weighted by Gasteiger charge is 2.23. The third-order valence-corrected chi connectivity index (χ3v) is 4.05. The van der Waals surface area contributed by atoms with Crippen molar-refractivity contribution in [1.82, 2.24) is 10.2 Å². The summed E-state index contributed by atoms with van der Waals surface area (Å²) < 4.78 is 0. The molecule has 0 spiro atoms. The number of para-hydroxylation sites is 1. The van der Waals surface area contributed by atoms with Crippen LogP contribution in [0.5, 0.6) is 0 Å². The molecule has 1 aromatic carbocycles. The minimum absolute atomic E-state index is 0.0364. The van der Waals surface area contributed by atoms with E-state index in [0.29, 0.717) is 12.6 Å². The van der Waals surface area contributed by atoms with Crippen molar-refractivity contribution >= 4 is 11.7 Å². The number of rotatable bonds is 5. The van der Waals surface area contributed by atoms with Gasteiger partial charge in [-0.05, 0) is 38.8 Å². The Kier molecular flexibility index (Phi) is 4.88. The summed E-state index contributed by atoms with van der Waals surface area (Å²) in [5, 5.41) is 3.04. The Bertz CT molecular complexity index is 457. The molecule has 1 aliphatic rings. The number of carbonyl (C=O) groups excluding carboxylic acids is 1. The first kappa shape index (κ1) is 14.7. The van der Waals surface area contributed by atoms with Crippen LogP contribution in [0.1, 0.15) is 26.3 Å². The maximum absolute atomic E-state index is 12.0. The molecule has 110 valence electrons. The van der Waals surface area contributed by atoms with Crippen molar-refractivity contribution in [2.45, 2.75) is 33.2 Å². The van der Waals surface area contributed by atoms with Gasteiger partial charge in [0.2, 0.25) is 0 Å². The highest BCUT2D eigenvalue weighted by Crippen LogP contribution is 2.28. The SMILES string of the molecule is CCN(CC)C(=O)NCC(C)N1CCc2ccccc21. The Balaban J connectivity index is 1.90. The van der Waals surface area contributed by atoms with Gasteiger partial charge >= 0.3 is 6.03 Å². The van der Waals surface area contributed by atoms with Gasteiger partial charge in [-0.2, -0.15) is 0 Å². The van der Waals surface area contributed by atoms with Crippen LogP contribution in [0.2, 0.25) is 0 Å². The van der Waals surface area contributed by atoms with Gasteiger partial charge in [-0.15, -0.1) is 0 Å². The molecule has 0 aliphatic carbocycles. The average Bonchev–Trinajstić information content (AvgIpc) is 2.90. The fourth-order valence-electron chi connectivity index (χ4n) is 2.79. The molecule has 4 nitrogen and oxygen atoms in total. The molecule has 0 radical (unpaired) electrons. The number of anilines is 1. The fraction of sp³-hybridized carbons (Fsp3) is 0.562. The first-order valence-corrected chi connectivity index (χ1v) is 7.54. The number of hydrogen-bond donors (Lipinski definition) is 1. The predicted molar refractivity (Wildman–Crippen MR) is 83.3 cm³/mol. The smallest absolute Gasteiger partial charge is 0.317 e. The van der Waals surface area contributed by atoms with Gasteiger partial charge in [0, 0.05) is 37.9 Å². The highest BCUT2D eigenvalue weighted by molar-refractivity contribution is 5.74. The largest absolute Gasteiger partial charge is 0.366 e. The molecule has 1 unspecified atom stereocenters. The standard InChI is InChI=1S/C16H25N3O/c1-4-18(5-2)16(20)17-12-13(3)19-11-10-14-8-6-7-9-15(14)19/h6-9,13H,4-5,10-12H2,1-3H3,(H,17,20). The Morgan fingerprint density at radius 3 is 2.75 bits per heavy atom. The highest BCUT2D eigenvalue weighted by atomic mass is 16.2. The van der Waals surface area contributed by atoms with Gasteiger partial charge in [-0.3, -0.25) is 0 Å². The molecular weight excluding hydrogens is 250 g/mol. The lowest BCUT2D eigenvalue weighted by molar-refractivity contribution is 0.202. The molecule has 1 atom stereocenters. The molecule has 1 N–H and O–H groups in total. The molecule has 0 fully saturated rings. The molecule has 0 saturated heterocycles. The summed E-state index contributed by atoms with van der Waals surface area (Å²) in [4.78, 5) is 16.2. The zero-order valence-electron chi connectivity index (χ0n) is 12.7. The van der Waals surface area contributed by atoms with Gasteiger partial charge in [0.25, 0.3) is 0 Å². The molecule has 0 saturated carbocycles. The number of fused-ring (bicyclic) bond motifs is 1. The molecule has 2 rings (SSSR count). The number of nitrogens with zero attached hydrogens (tertiary/aromatic N) is 2. The molecular formula is C16H25N3O. The van der Waals surface area contributed by atoms with Gasteiger partial charge in [0.05, 0.1) is 0 Å². The van der Waals surface area contributed by atoms with E-state index in [1.165, 1.54) is 11.3 Å². The van der Waals surface area contributed by atoms with Crippen molar-refractivity contribution in [1.29, 1.82) is 0 Å². The Morgan fingerprint density at radius 2 is 2.05 bits per heavy atom. The molecule has 1 heterocycles. The zero-order chi connectivity index (χ0) is 14.5. The van der Waals surface area contributed by atoms with E-state index in [9.17, 15) is 4.79 Å². The molecule has 1 aliphatic heterocycles. The van der Waals surface area contributed by atoms with Crippen molar-refractivity contribution in [3.63, 3.8) is 0 Å². The summed E-state index contributed by atoms with van der Waals surface area (Å²) in [6.45, 7) is 9.41. The van der Waals surface area contributed by atoms with E-state index in [-0.39, 0.29) is 6.03 Å². The number of hydrogen-bond acceptors (Lipinski definition) is 2. The number of carbonyl (C=O) groups is 1. The van der Waals surface area contributed by atoms with E-state index in [0.717, 1.165) is 26.1 Å². The second-order valence-corrected chi connectivity index (χ2v) is 5.28. The first-order chi connectivity index (χ1) is 9.67. The third-order valence-electron chi connectivity index (χ3n) is 4.05. The molecule has 4 heteroatoms. The number of nitrogens with one attached hydrogen (secondary N) is 1. The molecule has 20 heavy (non-hydrogen) atoms. The first-order valence-electron chi connectivity index (χ1n) is 7.54. The molecule has 1 aromatic rings. The Morgan fingerprint density at radius 1 is 1.35 bits per heavy atom. The van der Waals surface area contributed by atoms with Crippen LogP contribution in [0, 0.1) is 0 Å². The number of urea groups is 1. The predicted octanol–water partition coefficient (Wildman–Crippen LogP) is 2.49. The summed E-state index contributed by atoms with van der Waals surface area (Å²) in [6, 6.07) is 8.89. The quantitative estimate of drug-likeness (QED) is 0.896. The van der Waals surface area contributed by atoms with Crippen LogP contribution in [0.4, 0.5) is 10.5 Å². The van der Waals surface area contributed by atoms with Crippen LogP contribution in [-0.4, -0.2) is 43.2 Å². The maximum Gasteiger partial charge on any atom is 0.317 e. The van der Waals surface area contributed by atoms with E-state index in [1.807, 2.05) is 18.7 Å².